The number of nitrogens with zero attached hydrogens (tertiary/aromatic N) is 2. The molecule has 138 valence electrons. The molecule has 1 aromatic heterocycles. The summed E-state index contributed by atoms with van der Waals surface area (Å²) in [5, 5.41) is 0. The Balaban J connectivity index is 1.52. The van der Waals surface area contributed by atoms with E-state index in [2.05, 4.69) is 13.8 Å². The summed E-state index contributed by atoms with van der Waals surface area (Å²) in [6.45, 7) is 0. The first-order valence-corrected chi connectivity index (χ1v) is 9.90. The average molecular weight is 401 g/mol. The fourth-order valence-electron chi connectivity index (χ4n) is 1.99. The average Bonchev–Trinajstić information content (AvgIpc) is 3.16. The number of sulfonamides is 1. The van der Waals surface area contributed by atoms with Crippen LogP contribution in [0.3, 0.4) is 0 Å². The number of hydrogen-bond donors (Lipinski definition) is 1. The standard InChI is InChI=1S/C18H15N3O4S2/c22-27(23,18-9-5-2-6-10-18)20-14-16-12-11-15(21-16)13-19-26-25-24-17-7-3-1-4-8-17/h1-14,21H/b19-13+,20-14+. The minimum Gasteiger partial charge on any atom is -0.353 e. The van der Waals surface area contributed by atoms with Crippen molar-refractivity contribution in [2.24, 2.45) is 8.80 Å². The van der Waals surface area contributed by atoms with Crippen molar-refractivity contribution in [3.63, 3.8) is 0 Å². The third kappa shape index (κ3) is 5.81. The third-order valence-electron chi connectivity index (χ3n) is 3.24. The van der Waals surface area contributed by atoms with Crippen LogP contribution in [0.25, 0.3) is 0 Å². The monoisotopic (exact) mass is 401 g/mol. The second kappa shape index (κ2) is 9.17. The van der Waals surface area contributed by atoms with Crippen LogP contribution in [0, 0.1) is 0 Å². The van der Waals surface area contributed by atoms with Crippen LogP contribution < -0.4 is 4.89 Å². The van der Waals surface area contributed by atoms with Crippen LogP contribution in [0.4, 0.5) is 0 Å². The van der Waals surface area contributed by atoms with Crippen molar-refractivity contribution >= 4 is 34.7 Å². The molecular formula is C18H15N3O4S2. The Hall–Kier alpha value is -2.88. The molecule has 0 saturated heterocycles. The van der Waals surface area contributed by atoms with Crippen LogP contribution in [0.5, 0.6) is 5.75 Å². The smallest absolute Gasteiger partial charge is 0.282 e. The van der Waals surface area contributed by atoms with E-state index in [4.69, 9.17) is 9.22 Å². The maximum Gasteiger partial charge on any atom is 0.282 e. The van der Waals surface area contributed by atoms with E-state index in [1.54, 1.807) is 42.5 Å². The largest absolute Gasteiger partial charge is 0.353 e. The zero-order valence-electron chi connectivity index (χ0n) is 13.9. The van der Waals surface area contributed by atoms with Gasteiger partial charge < -0.3 is 9.87 Å². The first kappa shape index (κ1) is 18.9. The molecule has 0 unspecified atom stereocenters. The van der Waals surface area contributed by atoms with Gasteiger partial charge >= 0.3 is 0 Å². The van der Waals surface area contributed by atoms with E-state index in [0.29, 0.717) is 17.1 Å². The minimum atomic E-state index is -3.72. The summed E-state index contributed by atoms with van der Waals surface area (Å²) < 4.78 is 36.7. The Labute approximate surface area is 161 Å². The number of benzene rings is 2. The van der Waals surface area contributed by atoms with Gasteiger partial charge in [0, 0.05) is 0 Å². The summed E-state index contributed by atoms with van der Waals surface area (Å²) >= 11 is 0.765. The van der Waals surface area contributed by atoms with Crippen molar-refractivity contribution in [1.29, 1.82) is 0 Å². The van der Waals surface area contributed by atoms with Crippen molar-refractivity contribution in [1.82, 2.24) is 4.98 Å². The Morgan fingerprint density at radius 1 is 0.852 bits per heavy atom. The number of nitrogens with one attached hydrogen (secondary N) is 1. The van der Waals surface area contributed by atoms with Gasteiger partial charge in [0.25, 0.3) is 10.0 Å². The number of aromatic amines is 1. The second-order valence-corrected chi connectivity index (χ2v) is 7.29. The van der Waals surface area contributed by atoms with Gasteiger partial charge in [-0.2, -0.15) is 17.2 Å². The molecule has 0 spiro atoms. The van der Waals surface area contributed by atoms with E-state index >= 15 is 0 Å². The molecule has 9 heteroatoms. The Morgan fingerprint density at radius 2 is 1.48 bits per heavy atom. The first-order valence-electron chi connectivity index (χ1n) is 7.77. The molecule has 0 aliphatic carbocycles. The maximum absolute atomic E-state index is 12.1. The zero-order chi connectivity index (χ0) is 19.0. The molecule has 0 bridgehead atoms. The highest BCUT2D eigenvalue weighted by Crippen LogP contribution is 2.14. The number of H-pyrrole nitrogens is 1. The van der Waals surface area contributed by atoms with Crippen molar-refractivity contribution < 1.29 is 17.6 Å². The van der Waals surface area contributed by atoms with Gasteiger partial charge in [-0.15, -0.1) is 0 Å². The lowest BCUT2D eigenvalue weighted by Crippen LogP contribution is -1.97. The predicted octanol–water partition coefficient (Wildman–Crippen LogP) is 3.82. The molecule has 7 nitrogen and oxygen atoms in total. The second-order valence-electron chi connectivity index (χ2n) is 5.17. The molecule has 0 amide bonds. The highest BCUT2D eigenvalue weighted by Gasteiger charge is 2.10. The summed E-state index contributed by atoms with van der Waals surface area (Å²) in [7, 11) is -3.72. The van der Waals surface area contributed by atoms with Crippen LogP contribution in [-0.4, -0.2) is 25.8 Å². The summed E-state index contributed by atoms with van der Waals surface area (Å²) in [5.41, 5.74) is 1.19. The van der Waals surface area contributed by atoms with Gasteiger partial charge in [0.2, 0.25) is 0 Å². The highest BCUT2D eigenvalue weighted by atomic mass is 32.2. The molecule has 0 saturated carbocycles. The lowest BCUT2D eigenvalue weighted by Gasteiger charge is -1.98. The van der Waals surface area contributed by atoms with Crippen molar-refractivity contribution in [2.45, 2.75) is 4.90 Å². The first-order chi connectivity index (χ1) is 13.1. The van der Waals surface area contributed by atoms with E-state index in [9.17, 15) is 8.42 Å². The van der Waals surface area contributed by atoms with Crippen LogP contribution in [-0.2, 0) is 14.4 Å². The third-order valence-corrected chi connectivity index (χ3v) is 4.81. The van der Waals surface area contributed by atoms with Gasteiger partial charge in [-0.1, -0.05) is 40.7 Å². The zero-order valence-corrected chi connectivity index (χ0v) is 15.6. The molecule has 0 fully saturated rings. The molecular weight excluding hydrogens is 386 g/mol. The summed E-state index contributed by atoms with van der Waals surface area (Å²) in [4.78, 5) is 8.13. The van der Waals surface area contributed by atoms with E-state index < -0.39 is 10.0 Å². The topological polar surface area (TPSA) is 93.1 Å². The van der Waals surface area contributed by atoms with Crippen LogP contribution in [0.15, 0.2) is 86.5 Å². The van der Waals surface area contributed by atoms with Gasteiger partial charge in [0.15, 0.2) is 18.0 Å². The minimum absolute atomic E-state index is 0.140. The van der Waals surface area contributed by atoms with Crippen molar-refractivity contribution in [3.05, 3.63) is 84.2 Å². The highest BCUT2D eigenvalue weighted by molar-refractivity contribution is 7.93. The van der Waals surface area contributed by atoms with Gasteiger partial charge in [-0.05, 0) is 36.4 Å². The molecule has 1 heterocycles. The number of hydrogen-bond acceptors (Lipinski definition) is 6. The Kier molecular flexibility index (Phi) is 6.42. The SMILES string of the molecule is O=S(=O)(/N=C/c1ccc(/C=N/SOOc2ccccc2)[nH]1)c1ccccc1. The van der Waals surface area contributed by atoms with E-state index in [1.165, 1.54) is 24.6 Å². The van der Waals surface area contributed by atoms with E-state index in [1.807, 2.05) is 18.2 Å². The number of aromatic nitrogens is 1. The molecule has 0 atom stereocenters. The molecule has 3 rings (SSSR count). The van der Waals surface area contributed by atoms with Gasteiger partial charge in [-0.25, -0.2) is 0 Å². The summed E-state index contributed by atoms with van der Waals surface area (Å²) in [5.74, 6) is 0.568. The molecule has 3 aromatic rings. The molecule has 0 radical (unpaired) electrons. The quantitative estimate of drug-likeness (QED) is 0.155. The van der Waals surface area contributed by atoms with Gasteiger partial charge in [-0.3, -0.25) is 0 Å². The van der Waals surface area contributed by atoms with Crippen LogP contribution >= 0.6 is 12.2 Å². The summed E-state index contributed by atoms with van der Waals surface area (Å²) in [6, 6.07) is 20.5. The molecule has 2 aromatic carbocycles. The fourth-order valence-corrected chi connectivity index (χ4v) is 3.16. The predicted molar refractivity (Wildman–Crippen MR) is 105 cm³/mol. The van der Waals surface area contributed by atoms with E-state index in [0.717, 1.165) is 12.2 Å². The molecule has 27 heavy (non-hydrogen) atoms. The Morgan fingerprint density at radius 3 is 2.19 bits per heavy atom. The van der Waals surface area contributed by atoms with Gasteiger partial charge in [0.05, 0.1) is 28.7 Å². The van der Waals surface area contributed by atoms with Crippen LogP contribution in [0.2, 0.25) is 0 Å². The lowest BCUT2D eigenvalue weighted by atomic mass is 10.3. The summed E-state index contributed by atoms with van der Waals surface area (Å²) in [6.07, 6.45) is 2.77. The molecule has 1 N–H and O–H groups in total. The molecule has 0 aliphatic heterocycles. The lowest BCUT2D eigenvalue weighted by molar-refractivity contribution is -0.0776. The normalized spacial score (nSPS) is 12.0. The van der Waals surface area contributed by atoms with Crippen molar-refractivity contribution in [2.75, 3.05) is 0 Å². The number of rotatable bonds is 8. The van der Waals surface area contributed by atoms with Crippen molar-refractivity contribution in [3.8, 4) is 5.75 Å². The number of para-hydroxylation sites is 1. The fraction of sp³-hybridized carbons (Fsp3) is 0. The van der Waals surface area contributed by atoms with Crippen LogP contribution in [0.1, 0.15) is 11.4 Å². The molecule has 0 aliphatic rings. The Bertz CT molecular complexity index is 1020. The van der Waals surface area contributed by atoms with Gasteiger partial charge in [0.1, 0.15) is 0 Å². The van der Waals surface area contributed by atoms with E-state index in [-0.39, 0.29) is 4.90 Å². The maximum atomic E-state index is 12.1.